The molecule has 0 aromatic heterocycles. The van der Waals surface area contributed by atoms with E-state index in [0.717, 1.165) is 12.8 Å². The second-order valence-electron chi connectivity index (χ2n) is 4.73. The SMILES string of the molecule is CSC1(CNC(=O)Nc2ccc(O)c(C(=O)O)c2)CC1. The molecule has 1 saturated carbocycles. The lowest BCUT2D eigenvalue weighted by molar-refractivity contribution is 0.0693. The number of thioether (sulfide) groups is 1. The fourth-order valence-corrected chi connectivity index (χ4v) is 2.52. The first kappa shape index (κ1) is 14.5. The van der Waals surface area contributed by atoms with Gasteiger partial charge in [0.15, 0.2) is 0 Å². The highest BCUT2D eigenvalue weighted by molar-refractivity contribution is 8.00. The van der Waals surface area contributed by atoms with E-state index in [1.807, 2.05) is 6.26 Å². The van der Waals surface area contributed by atoms with Crippen molar-refractivity contribution < 1.29 is 19.8 Å². The zero-order valence-corrected chi connectivity index (χ0v) is 11.8. The molecular formula is C13H16N2O4S. The van der Waals surface area contributed by atoms with Crippen LogP contribution in [0.4, 0.5) is 10.5 Å². The minimum atomic E-state index is -1.24. The minimum Gasteiger partial charge on any atom is -0.507 e. The molecule has 2 rings (SSSR count). The van der Waals surface area contributed by atoms with E-state index in [4.69, 9.17) is 5.11 Å². The second-order valence-corrected chi connectivity index (χ2v) is 6.01. The van der Waals surface area contributed by atoms with Crippen molar-refractivity contribution in [2.45, 2.75) is 17.6 Å². The molecule has 1 aliphatic rings. The van der Waals surface area contributed by atoms with E-state index < -0.39 is 5.97 Å². The third-order valence-electron chi connectivity index (χ3n) is 3.30. The second kappa shape index (κ2) is 5.62. The number of carboxylic acids is 1. The number of carbonyl (C=O) groups is 2. The Balaban J connectivity index is 1.94. The fraction of sp³-hybridized carbons (Fsp3) is 0.385. The molecule has 0 aliphatic heterocycles. The maximum atomic E-state index is 11.7. The topological polar surface area (TPSA) is 98.7 Å². The van der Waals surface area contributed by atoms with E-state index >= 15 is 0 Å². The van der Waals surface area contributed by atoms with Gasteiger partial charge in [0.1, 0.15) is 11.3 Å². The summed E-state index contributed by atoms with van der Waals surface area (Å²) in [5.74, 6) is -1.58. The molecule has 0 heterocycles. The molecule has 1 aromatic rings. The number of nitrogens with one attached hydrogen (secondary N) is 2. The third kappa shape index (κ3) is 3.36. The summed E-state index contributed by atoms with van der Waals surface area (Å²) in [5, 5.41) is 23.6. The van der Waals surface area contributed by atoms with Crippen molar-refractivity contribution in [3.63, 3.8) is 0 Å². The summed E-state index contributed by atoms with van der Waals surface area (Å²) in [6, 6.07) is 3.53. The van der Waals surface area contributed by atoms with Crippen LogP contribution in [0.5, 0.6) is 5.75 Å². The van der Waals surface area contributed by atoms with Crippen molar-refractivity contribution in [1.29, 1.82) is 0 Å². The number of benzene rings is 1. The lowest BCUT2D eigenvalue weighted by atomic mass is 10.2. The van der Waals surface area contributed by atoms with Crippen LogP contribution in [0, 0.1) is 0 Å². The van der Waals surface area contributed by atoms with Crippen LogP contribution >= 0.6 is 11.8 Å². The van der Waals surface area contributed by atoms with Gasteiger partial charge in [0.05, 0.1) is 0 Å². The van der Waals surface area contributed by atoms with Gasteiger partial charge in [-0.3, -0.25) is 0 Å². The van der Waals surface area contributed by atoms with Gasteiger partial charge in [0.25, 0.3) is 0 Å². The molecule has 0 unspecified atom stereocenters. The summed E-state index contributed by atoms with van der Waals surface area (Å²) in [6.07, 6.45) is 4.21. The highest BCUT2D eigenvalue weighted by Crippen LogP contribution is 2.46. The van der Waals surface area contributed by atoms with E-state index in [0.29, 0.717) is 12.2 Å². The van der Waals surface area contributed by atoms with Gasteiger partial charge in [-0.1, -0.05) is 0 Å². The first-order valence-corrected chi connectivity index (χ1v) is 7.34. The number of aromatic hydroxyl groups is 1. The predicted molar refractivity (Wildman–Crippen MR) is 77.6 cm³/mol. The number of hydrogen-bond donors (Lipinski definition) is 4. The Morgan fingerprint density at radius 2 is 2.10 bits per heavy atom. The number of phenols is 1. The molecule has 0 spiro atoms. The van der Waals surface area contributed by atoms with E-state index in [1.165, 1.54) is 18.2 Å². The van der Waals surface area contributed by atoms with Gasteiger partial charge in [-0.05, 0) is 37.3 Å². The Morgan fingerprint density at radius 1 is 1.40 bits per heavy atom. The predicted octanol–water partition coefficient (Wildman–Crippen LogP) is 2.11. The van der Waals surface area contributed by atoms with Crippen LogP contribution in [0.15, 0.2) is 18.2 Å². The van der Waals surface area contributed by atoms with Gasteiger partial charge in [-0.2, -0.15) is 11.8 Å². The van der Waals surface area contributed by atoms with Crippen LogP contribution in [-0.4, -0.2) is 39.8 Å². The van der Waals surface area contributed by atoms with Gasteiger partial charge in [0, 0.05) is 17.0 Å². The lowest BCUT2D eigenvalue weighted by Gasteiger charge is -2.14. The molecule has 0 atom stereocenters. The molecule has 0 bridgehead atoms. The van der Waals surface area contributed by atoms with Crippen LogP contribution in [-0.2, 0) is 0 Å². The minimum absolute atomic E-state index is 0.165. The molecule has 7 heteroatoms. The molecule has 4 N–H and O–H groups in total. The van der Waals surface area contributed by atoms with Crippen LogP contribution in [0.3, 0.4) is 0 Å². The monoisotopic (exact) mass is 296 g/mol. The zero-order chi connectivity index (χ0) is 14.8. The number of aromatic carboxylic acids is 1. The maximum absolute atomic E-state index is 11.7. The average Bonchev–Trinajstić information content (AvgIpc) is 3.19. The smallest absolute Gasteiger partial charge is 0.339 e. The normalized spacial score (nSPS) is 15.4. The van der Waals surface area contributed by atoms with Crippen molar-refractivity contribution in [2.24, 2.45) is 0 Å². The molecular weight excluding hydrogens is 280 g/mol. The highest BCUT2D eigenvalue weighted by atomic mass is 32.2. The molecule has 6 nitrogen and oxygen atoms in total. The van der Waals surface area contributed by atoms with Crippen LogP contribution in [0.25, 0.3) is 0 Å². The number of anilines is 1. The Kier molecular flexibility index (Phi) is 4.08. The Labute approximate surface area is 120 Å². The van der Waals surface area contributed by atoms with Gasteiger partial charge in [-0.15, -0.1) is 0 Å². The lowest BCUT2D eigenvalue weighted by Crippen LogP contribution is -2.35. The van der Waals surface area contributed by atoms with Crippen molar-refractivity contribution >= 4 is 29.4 Å². The number of rotatable bonds is 5. The summed E-state index contributed by atoms with van der Waals surface area (Å²) in [4.78, 5) is 22.6. The van der Waals surface area contributed by atoms with Gasteiger partial charge in [-0.25, -0.2) is 9.59 Å². The quantitative estimate of drug-likeness (QED) is 0.624. The Bertz CT molecular complexity index is 543. The summed E-state index contributed by atoms with van der Waals surface area (Å²) < 4.78 is 0.165. The number of carboxylic acid groups (broad SMARTS) is 1. The average molecular weight is 296 g/mol. The maximum Gasteiger partial charge on any atom is 0.339 e. The van der Waals surface area contributed by atoms with Crippen molar-refractivity contribution in [2.75, 3.05) is 18.1 Å². The van der Waals surface area contributed by atoms with Crippen molar-refractivity contribution in [3.8, 4) is 5.75 Å². The summed E-state index contributed by atoms with van der Waals surface area (Å²) in [7, 11) is 0. The van der Waals surface area contributed by atoms with Gasteiger partial charge >= 0.3 is 12.0 Å². The molecule has 108 valence electrons. The molecule has 0 saturated heterocycles. The fourth-order valence-electron chi connectivity index (χ4n) is 1.79. The number of urea groups is 1. The highest BCUT2D eigenvalue weighted by Gasteiger charge is 2.41. The number of hydrogen-bond acceptors (Lipinski definition) is 4. The molecule has 1 fully saturated rings. The summed E-state index contributed by atoms with van der Waals surface area (Å²) in [6.45, 7) is 0.587. The first-order chi connectivity index (χ1) is 9.46. The number of carbonyl (C=O) groups excluding carboxylic acids is 1. The largest absolute Gasteiger partial charge is 0.507 e. The molecule has 1 aromatic carbocycles. The van der Waals surface area contributed by atoms with Crippen LogP contribution < -0.4 is 10.6 Å². The standard InChI is InChI=1S/C13H16N2O4S/c1-20-13(4-5-13)7-14-12(19)15-8-2-3-10(16)9(6-8)11(17)18/h2-3,6,16H,4-5,7H2,1H3,(H,17,18)(H2,14,15,19). The van der Waals surface area contributed by atoms with E-state index in [2.05, 4.69) is 10.6 Å². The summed E-state index contributed by atoms with van der Waals surface area (Å²) in [5.41, 5.74) is 0.0808. The molecule has 0 radical (unpaired) electrons. The molecule has 20 heavy (non-hydrogen) atoms. The zero-order valence-electron chi connectivity index (χ0n) is 11.0. The van der Waals surface area contributed by atoms with Crippen LogP contribution in [0.1, 0.15) is 23.2 Å². The Morgan fingerprint density at radius 3 is 2.65 bits per heavy atom. The number of amides is 2. The van der Waals surface area contributed by atoms with Crippen LogP contribution in [0.2, 0.25) is 0 Å². The van der Waals surface area contributed by atoms with Crippen molar-refractivity contribution in [1.82, 2.24) is 5.32 Å². The first-order valence-electron chi connectivity index (χ1n) is 6.12. The van der Waals surface area contributed by atoms with Crippen molar-refractivity contribution in [3.05, 3.63) is 23.8 Å². The third-order valence-corrected chi connectivity index (χ3v) is 4.72. The van der Waals surface area contributed by atoms with Gasteiger partial charge in [0.2, 0.25) is 0 Å². The summed E-state index contributed by atoms with van der Waals surface area (Å²) >= 11 is 1.74. The van der Waals surface area contributed by atoms with E-state index in [1.54, 1.807) is 11.8 Å². The Hall–Kier alpha value is -1.89. The molecule has 2 amide bonds. The van der Waals surface area contributed by atoms with E-state index in [9.17, 15) is 14.7 Å². The molecule has 1 aliphatic carbocycles. The van der Waals surface area contributed by atoms with Gasteiger partial charge < -0.3 is 20.8 Å². The van der Waals surface area contributed by atoms with E-state index in [-0.39, 0.29) is 22.1 Å².